The number of piperidine rings is 1. The van der Waals surface area contributed by atoms with E-state index >= 15 is 0 Å². The summed E-state index contributed by atoms with van der Waals surface area (Å²) in [6, 6.07) is 9.95. The van der Waals surface area contributed by atoms with Crippen molar-refractivity contribution in [1.29, 1.82) is 0 Å². The number of likely N-dealkylation sites (N-methyl/N-ethyl adjacent to an activating group) is 1. The SMILES string of the molecule is CCOC(=O)C1CCN(C(=O)CN(C)C(=O)C2CC(=O)N(CCc3ccccc3)C2)CC1. The molecule has 2 saturated heterocycles. The third-order valence-electron chi connectivity index (χ3n) is 6.29. The van der Waals surface area contributed by atoms with Gasteiger partial charge in [0.25, 0.3) is 0 Å². The molecule has 1 aromatic carbocycles. The predicted molar refractivity (Wildman–Crippen MR) is 118 cm³/mol. The molecule has 2 aliphatic heterocycles. The number of esters is 1. The van der Waals surface area contributed by atoms with Gasteiger partial charge in [0.1, 0.15) is 0 Å². The Labute approximate surface area is 189 Å². The van der Waals surface area contributed by atoms with E-state index in [1.165, 1.54) is 4.90 Å². The molecule has 2 aliphatic rings. The van der Waals surface area contributed by atoms with Crippen LogP contribution in [0.15, 0.2) is 30.3 Å². The lowest BCUT2D eigenvalue weighted by molar-refractivity contribution is -0.151. The van der Waals surface area contributed by atoms with Crippen LogP contribution in [0.2, 0.25) is 0 Å². The molecule has 0 spiro atoms. The van der Waals surface area contributed by atoms with Crippen LogP contribution in [0, 0.1) is 11.8 Å². The third-order valence-corrected chi connectivity index (χ3v) is 6.29. The average Bonchev–Trinajstić information content (AvgIpc) is 3.18. The first-order valence-corrected chi connectivity index (χ1v) is 11.4. The Hall–Kier alpha value is -2.90. The van der Waals surface area contributed by atoms with Gasteiger partial charge in [-0.3, -0.25) is 19.2 Å². The van der Waals surface area contributed by atoms with Crippen molar-refractivity contribution < 1.29 is 23.9 Å². The van der Waals surface area contributed by atoms with Crippen LogP contribution >= 0.6 is 0 Å². The second-order valence-corrected chi connectivity index (χ2v) is 8.58. The molecule has 2 heterocycles. The van der Waals surface area contributed by atoms with Gasteiger partial charge in [-0.15, -0.1) is 0 Å². The molecule has 1 aromatic rings. The van der Waals surface area contributed by atoms with Crippen molar-refractivity contribution in [3.8, 4) is 0 Å². The molecule has 1 atom stereocenters. The molecule has 0 aromatic heterocycles. The largest absolute Gasteiger partial charge is 0.466 e. The monoisotopic (exact) mass is 443 g/mol. The Kier molecular flexibility index (Phi) is 8.25. The zero-order chi connectivity index (χ0) is 23.1. The summed E-state index contributed by atoms with van der Waals surface area (Å²) in [5, 5.41) is 0. The Balaban J connectivity index is 1.43. The first kappa shape index (κ1) is 23.8. The minimum atomic E-state index is -0.411. The lowest BCUT2D eigenvalue weighted by Crippen LogP contribution is -2.46. The summed E-state index contributed by atoms with van der Waals surface area (Å²) in [6.45, 7) is 4.08. The summed E-state index contributed by atoms with van der Waals surface area (Å²) in [7, 11) is 1.61. The summed E-state index contributed by atoms with van der Waals surface area (Å²) in [5.74, 6) is -1.09. The maximum Gasteiger partial charge on any atom is 0.309 e. The van der Waals surface area contributed by atoms with Crippen LogP contribution in [0.25, 0.3) is 0 Å². The van der Waals surface area contributed by atoms with Gasteiger partial charge >= 0.3 is 5.97 Å². The molecular weight excluding hydrogens is 410 g/mol. The van der Waals surface area contributed by atoms with E-state index in [4.69, 9.17) is 4.74 Å². The topological polar surface area (TPSA) is 87.2 Å². The van der Waals surface area contributed by atoms with Crippen molar-refractivity contribution in [2.45, 2.75) is 32.6 Å². The molecule has 0 aliphatic carbocycles. The summed E-state index contributed by atoms with van der Waals surface area (Å²) in [4.78, 5) is 54.6. The standard InChI is InChI=1S/C24H33N3O5/c1-3-32-24(31)19-10-13-26(14-11-19)22(29)17-25(2)23(30)20-15-21(28)27(16-20)12-9-18-7-5-4-6-8-18/h4-8,19-20H,3,9-17H2,1-2H3. The number of ether oxygens (including phenoxy) is 1. The maximum absolute atomic E-state index is 12.9. The number of carbonyl (C=O) groups is 4. The van der Waals surface area contributed by atoms with Gasteiger partial charge in [0.2, 0.25) is 17.7 Å². The highest BCUT2D eigenvalue weighted by Gasteiger charge is 2.36. The van der Waals surface area contributed by atoms with E-state index in [0.29, 0.717) is 45.6 Å². The number of likely N-dealkylation sites (tertiary alicyclic amines) is 2. The fourth-order valence-corrected chi connectivity index (χ4v) is 4.38. The van der Waals surface area contributed by atoms with Crippen molar-refractivity contribution in [2.75, 3.05) is 46.4 Å². The first-order chi connectivity index (χ1) is 15.4. The van der Waals surface area contributed by atoms with E-state index in [0.717, 1.165) is 12.0 Å². The van der Waals surface area contributed by atoms with Crippen LogP contribution in [0.4, 0.5) is 0 Å². The summed E-state index contributed by atoms with van der Waals surface area (Å²) < 4.78 is 5.06. The zero-order valence-corrected chi connectivity index (χ0v) is 19.0. The zero-order valence-electron chi connectivity index (χ0n) is 19.0. The second-order valence-electron chi connectivity index (χ2n) is 8.58. The summed E-state index contributed by atoms with van der Waals surface area (Å²) >= 11 is 0. The fraction of sp³-hybridized carbons (Fsp3) is 0.583. The normalized spacial score (nSPS) is 19.2. The minimum Gasteiger partial charge on any atom is -0.466 e. The van der Waals surface area contributed by atoms with Crippen molar-refractivity contribution in [1.82, 2.24) is 14.7 Å². The quantitative estimate of drug-likeness (QED) is 0.566. The van der Waals surface area contributed by atoms with Crippen LogP contribution in [-0.4, -0.2) is 84.8 Å². The summed E-state index contributed by atoms with van der Waals surface area (Å²) in [6.07, 6.45) is 2.10. The van der Waals surface area contributed by atoms with Crippen molar-refractivity contribution in [3.05, 3.63) is 35.9 Å². The molecule has 3 amide bonds. The number of hydrogen-bond donors (Lipinski definition) is 0. The van der Waals surface area contributed by atoms with E-state index in [1.807, 2.05) is 30.3 Å². The number of amides is 3. The van der Waals surface area contributed by atoms with E-state index < -0.39 is 5.92 Å². The average molecular weight is 444 g/mol. The lowest BCUT2D eigenvalue weighted by atomic mass is 9.97. The lowest BCUT2D eigenvalue weighted by Gasteiger charge is -2.32. The molecule has 0 radical (unpaired) electrons. The number of benzene rings is 1. The second kappa shape index (κ2) is 11.1. The van der Waals surface area contributed by atoms with Gasteiger partial charge in [-0.05, 0) is 31.7 Å². The van der Waals surface area contributed by atoms with Crippen LogP contribution < -0.4 is 0 Å². The molecule has 0 bridgehead atoms. The van der Waals surface area contributed by atoms with Crippen LogP contribution in [0.5, 0.6) is 0 Å². The van der Waals surface area contributed by atoms with Gasteiger partial charge < -0.3 is 19.4 Å². The molecule has 8 heteroatoms. The Morgan fingerprint density at radius 1 is 1.09 bits per heavy atom. The van der Waals surface area contributed by atoms with Crippen molar-refractivity contribution >= 4 is 23.7 Å². The highest BCUT2D eigenvalue weighted by molar-refractivity contribution is 5.91. The van der Waals surface area contributed by atoms with Gasteiger partial charge in [-0.2, -0.15) is 0 Å². The number of nitrogens with zero attached hydrogens (tertiary/aromatic N) is 3. The number of rotatable bonds is 8. The highest BCUT2D eigenvalue weighted by atomic mass is 16.5. The molecule has 0 saturated carbocycles. The Bertz CT molecular complexity index is 820. The Morgan fingerprint density at radius 3 is 2.44 bits per heavy atom. The van der Waals surface area contributed by atoms with Gasteiger partial charge in [0, 0.05) is 39.6 Å². The smallest absolute Gasteiger partial charge is 0.309 e. The van der Waals surface area contributed by atoms with Crippen molar-refractivity contribution in [3.63, 3.8) is 0 Å². The molecule has 0 N–H and O–H groups in total. The van der Waals surface area contributed by atoms with Crippen molar-refractivity contribution in [2.24, 2.45) is 11.8 Å². The van der Waals surface area contributed by atoms with Gasteiger partial charge in [0.05, 0.1) is 25.0 Å². The Morgan fingerprint density at radius 2 is 1.78 bits per heavy atom. The molecule has 32 heavy (non-hydrogen) atoms. The molecule has 8 nitrogen and oxygen atoms in total. The number of hydrogen-bond acceptors (Lipinski definition) is 5. The molecule has 3 rings (SSSR count). The molecule has 2 fully saturated rings. The fourth-order valence-electron chi connectivity index (χ4n) is 4.38. The molecular formula is C24H33N3O5. The maximum atomic E-state index is 12.9. The van der Waals surface area contributed by atoms with Gasteiger partial charge in [-0.1, -0.05) is 30.3 Å². The third kappa shape index (κ3) is 6.08. The van der Waals surface area contributed by atoms with Crippen LogP contribution in [0.1, 0.15) is 31.7 Å². The molecule has 174 valence electrons. The van der Waals surface area contributed by atoms with Crippen LogP contribution in [0.3, 0.4) is 0 Å². The number of carbonyl (C=O) groups excluding carboxylic acids is 4. The molecule has 1 unspecified atom stereocenters. The van der Waals surface area contributed by atoms with E-state index in [9.17, 15) is 19.2 Å². The predicted octanol–water partition coefficient (Wildman–Crippen LogP) is 1.34. The summed E-state index contributed by atoms with van der Waals surface area (Å²) in [5.41, 5.74) is 1.16. The van der Waals surface area contributed by atoms with E-state index in [-0.39, 0.29) is 42.6 Å². The minimum absolute atomic E-state index is 0.0138. The first-order valence-electron chi connectivity index (χ1n) is 11.4. The highest BCUT2D eigenvalue weighted by Crippen LogP contribution is 2.22. The van der Waals surface area contributed by atoms with Gasteiger partial charge in [-0.25, -0.2) is 0 Å². The van der Waals surface area contributed by atoms with E-state index in [1.54, 1.807) is 23.8 Å². The van der Waals surface area contributed by atoms with E-state index in [2.05, 4.69) is 0 Å². The van der Waals surface area contributed by atoms with Gasteiger partial charge in [0.15, 0.2) is 0 Å². The van der Waals surface area contributed by atoms with Crippen LogP contribution in [-0.2, 0) is 30.3 Å².